The van der Waals surface area contributed by atoms with Crippen molar-refractivity contribution in [3.8, 4) is 0 Å². The van der Waals surface area contributed by atoms with Gasteiger partial charge in [-0.05, 0) is 49.2 Å². The Kier molecular flexibility index (Phi) is 5.67. The first-order valence-corrected chi connectivity index (χ1v) is 10.5. The summed E-state index contributed by atoms with van der Waals surface area (Å²) < 4.78 is 41.2. The lowest BCUT2D eigenvalue weighted by Crippen LogP contribution is -2.28. The molecule has 3 rings (SSSR count). The fraction of sp³-hybridized carbons (Fsp3) is 0.235. The lowest BCUT2D eigenvalue weighted by molar-refractivity contribution is 0.102. The summed E-state index contributed by atoms with van der Waals surface area (Å²) in [5, 5.41) is 2.48. The molecule has 1 heterocycles. The van der Waals surface area contributed by atoms with Gasteiger partial charge >= 0.3 is 0 Å². The SMILES string of the molecule is O=C(Nc1ccc(Br)cc1F)c1ccc(Cl)c(S(=O)(=O)N2CCCC2)c1. The molecule has 2 aromatic rings. The van der Waals surface area contributed by atoms with Crippen molar-refractivity contribution in [2.45, 2.75) is 17.7 Å². The quantitative estimate of drug-likeness (QED) is 0.739. The van der Waals surface area contributed by atoms with E-state index in [-0.39, 0.29) is 21.2 Å². The topological polar surface area (TPSA) is 66.5 Å². The van der Waals surface area contributed by atoms with Crippen molar-refractivity contribution in [2.75, 3.05) is 18.4 Å². The highest BCUT2D eigenvalue weighted by atomic mass is 79.9. The molecule has 0 saturated carbocycles. The van der Waals surface area contributed by atoms with E-state index in [4.69, 9.17) is 11.6 Å². The number of carbonyl (C=O) groups excluding carboxylic acids is 1. The van der Waals surface area contributed by atoms with Gasteiger partial charge in [0.25, 0.3) is 5.91 Å². The Bertz CT molecular complexity index is 962. The van der Waals surface area contributed by atoms with Gasteiger partial charge in [0.05, 0.1) is 10.7 Å². The molecule has 0 radical (unpaired) electrons. The number of halogens is 3. The van der Waals surface area contributed by atoms with Crippen molar-refractivity contribution in [3.05, 3.63) is 57.3 Å². The summed E-state index contributed by atoms with van der Waals surface area (Å²) in [5.41, 5.74) is 0.0755. The summed E-state index contributed by atoms with van der Waals surface area (Å²) in [6.45, 7) is 0.860. The Labute approximate surface area is 164 Å². The molecule has 1 N–H and O–H groups in total. The van der Waals surface area contributed by atoms with Gasteiger partial charge in [-0.2, -0.15) is 4.31 Å². The Hall–Kier alpha value is -1.48. The number of anilines is 1. The third-order valence-electron chi connectivity index (χ3n) is 4.06. The molecule has 5 nitrogen and oxygen atoms in total. The lowest BCUT2D eigenvalue weighted by Gasteiger charge is -2.17. The third-order valence-corrected chi connectivity index (χ3v) is 6.93. The van der Waals surface area contributed by atoms with Crippen LogP contribution in [0.5, 0.6) is 0 Å². The Morgan fingerprint density at radius 3 is 2.50 bits per heavy atom. The summed E-state index contributed by atoms with van der Waals surface area (Å²) >= 11 is 9.20. The van der Waals surface area contributed by atoms with Crippen LogP contribution in [0.1, 0.15) is 23.2 Å². The number of nitrogens with zero attached hydrogens (tertiary/aromatic N) is 1. The molecule has 0 atom stereocenters. The average molecular weight is 462 g/mol. The second-order valence-corrected chi connectivity index (χ2v) is 9.06. The first-order valence-electron chi connectivity index (χ1n) is 7.85. The van der Waals surface area contributed by atoms with E-state index in [1.54, 1.807) is 6.07 Å². The Morgan fingerprint density at radius 2 is 1.85 bits per heavy atom. The highest BCUT2D eigenvalue weighted by Gasteiger charge is 2.29. The number of carbonyl (C=O) groups is 1. The molecule has 0 spiro atoms. The molecule has 26 heavy (non-hydrogen) atoms. The molecule has 0 unspecified atom stereocenters. The zero-order valence-corrected chi connectivity index (χ0v) is 16.7. The number of rotatable bonds is 4. The predicted molar refractivity (Wildman–Crippen MR) is 101 cm³/mol. The van der Waals surface area contributed by atoms with E-state index in [1.165, 1.54) is 34.6 Å². The van der Waals surface area contributed by atoms with Gasteiger partial charge in [0.1, 0.15) is 10.7 Å². The van der Waals surface area contributed by atoms with Gasteiger partial charge in [-0.15, -0.1) is 0 Å². The van der Waals surface area contributed by atoms with Crippen molar-refractivity contribution in [1.29, 1.82) is 0 Å². The standard InChI is InChI=1S/C17H15BrClFN2O3S/c18-12-4-6-15(14(20)10-12)21-17(23)11-3-5-13(19)16(9-11)26(24,25)22-7-1-2-8-22/h3-6,9-10H,1-2,7-8H2,(H,21,23). The molecule has 0 aromatic heterocycles. The van der Waals surface area contributed by atoms with Crippen molar-refractivity contribution >= 4 is 49.1 Å². The van der Waals surface area contributed by atoms with Gasteiger partial charge in [0, 0.05) is 23.1 Å². The molecule has 1 saturated heterocycles. The molecular formula is C17H15BrClFN2O3S. The summed E-state index contributed by atoms with van der Waals surface area (Å²) in [6.07, 6.45) is 1.58. The molecule has 0 aliphatic carbocycles. The molecule has 2 aromatic carbocycles. The zero-order chi connectivity index (χ0) is 18.9. The van der Waals surface area contributed by atoms with Gasteiger partial charge in [-0.3, -0.25) is 4.79 Å². The van der Waals surface area contributed by atoms with E-state index in [9.17, 15) is 17.6 Å². The number of benzene rings is 2. The minimum atomic E-state index is -3.77. The smallest absolute Gasteiger partial charge is 0.255 e. The van der Waals surface area contributed by atoms with Gasteiger partial charge < -0.3 is 5.32 Å². The van der Waals surface area contributed by atoms with E-state index in [0.717, 1.165) is 12.8 Å². The van der Waals surface area contributed by atoms with E-state index in [1.807, 2.05) is 0 Å². The van der Waals surface area contributed by atoms with Crippen LogP contribution in [0.4, 0.5) is 10.1 Å². The predicted octanol–water partition coefficient (Wildman–Crippen LogP) is 4.28. The third kappa shape index (κ3) is 3.93. The van der Waals surface area contributed by atoms with Crippen molar-refractivity contribution < 1.29 is 17.6 Å². The van der Waals surface area contributed by atoms with Gasteiger partial charge in [-0.25, -0.2) is 12.8 Å². The van der Waals surface area contributed by atoms with Gasteiger partial charge in [-0.1, -0.05) is 27.5 Å². The monoisotopic (exact) mass is 460 g/mol. The highest BCUT2D eigenvalue weighted by Crippen LogP contribution is 2.28. The molecule has 138 valence electrons. The highest BCUT2D eigenvalue weighted by molar-refractivity contribution is 9.10. The number of amides is 1. The molecule has 1 fully saturated rings. The van der Waals surface area contributed by atoms with Crippen molar-refractivity contribution in [2.24, 2.45) is 0 Å². The first-order chi connectivity index (χ1) is 12.3. The van der Waals surface area contributed by atoms with E-state index in [0.29, 0.717) is 17.6 Å². The number of hydrogen-bond donors (Lipinski definition) is 1. The van der Waals surface area contributed by atoms with Crippen LogP contribution in [0.3, 0.4) is 0 Å². The molecule has 1 aliphatic rings. The van der Waals surface area contributed by atoms with Gasteiger partial charge in [0.2, 0.25) is 10.0 Å². The lowest BCUT2D eigenvalue weighted by atomic mass is 10.2. The van der Waals surface area contributed by atoms with Gasteiger partial charge in [0.15, 0.2) is 0 Å². The van der Waals surface area contributed by atoms with E-state index >= 15 is 0 Å². The zero-order valence-electron chi connectivity index (χ0n) is 13.5. The largest absolute Gasteiger partial charge is 0.319 e. The maximum Gasteiger partial charge on any atom is 0.255 e. The fourth-order valence-corrected chi connectivity index (χ4v) is 5.05. The summed E-state index contributed by atoms with van der Waals surface area (Å²) in [6, 6.07) is 8.20. The minimum absolute atomic E-state index is 0.00269. The van der Waals surface area contributed by atoms with Crippen LogP contribution in [0.2, 0.25) is 5.02 Å². The Balaban J connectivity index is 1.90. The number of sulfonamides is 1. The van der Waals surface area contributed by atoms with Crippen LogP contribution in [-0.4, -0.2) is 31.7 Å². The fourth-order valence-electron chi connectivity index (χ4n) is 2.70. The van der Waals surface area contributed by atoms with Crippen LogP contribution < -0.4 is 5.32 Å². The summed E-state index contributed by atoms with van der Waals surface area (Å²) in [7, 11) is -3.77. The van der Waals surface area contributed by atoms with Crippen LogP contribution in [0.25, 0.3) is 0 Å². The van der Waals surface area contributed by atoms with Crippen molar-refractivity contribution in [1.82, 2.24) is 4.31 Å². The minimum Gasteiger partial charge on any atom is -0.319 e. The molecular weight excluding hydrogens is 447 g/mol. The van der Waals surface area contributed by atoms with Crippen LogP contribution in [-0.2, 0) is 10.0 Å². The second-order valence-electron chi connectivity index (χ2n) is 5.83. The maximum absolute atomic E-state index is 13.9. The van der Waals surface area contributed by atoms with E-state index in [2.05, 4.69) is 21.2 Å². The average Bonchev–Trinajstić information content (AvgIpc) is 3.13. The second kappa shape index (κ2) is 7.64. The van der Waals surface area contributed by atoms with Crippen molar-refractivity contribution in [3.63, 3.8) is 0 Å². The summed E-state index contributed by atoms with van der Waals surface area (Å²) in [5.74, 6) is -1.23. The Morgan fingerprint density at radius 1 is 1.15 bits per heavy atom. The van der Waals surface area contributed by atoms with Crippen LogP contribution >= 0.6 is 27.5 Å². The number of nitrogens with one attached hydrogen (secondary N) is 1. The molecule has 1 aliphatic heterocycles. The molecule has 0 bridgehead atoms. The summed E-state index contributed by atoms with van der Waals surface area (Å²) in [4.78, 5) is 12.3. The first kappa shape index (κ1) is 19.3. The maximum atomic E-state index is 13.9. The van der Waals surface area contributed by atoms with E-state index < -0.39 is 21.7 Å². The van der Waals surface area contributed by atoms with Crippen LogP contribution in [0, 0.1) is 5.82 Å². The normalized spacial score (nSPS) is 15.2. The van der Waals surface area contributed by atoms with Crippen LogP contribution in [0.15, 0.2) is 45.8 Å². The molecule has 1 amide bonds. The molecule has 9 heteroatoms. The number of hydrogen-bond acceptors (Lipinski definition) is 3.